The second-order valence-corrected chi connectivity index (χ2v) is 6.08. The molecule has 0 aliphatic heterocycles. The van der Waals surface area contributed by atoms with Crippen molar-refractivity contribution in [2.24, 2.45) is 0 Å². The van der Waals surface area contributed by atoms with Crippen LogP contribution in [-0.2, 0) is 9.47 Å². The number of hydrogen-bond donors (Lipinski definition) is 0. The molecule has 1 atom stereocenters. The second kappa shape index (κ2) is 8.23. The van der Waals surface area contributed by atoms with Crippen molar-refractivity contribution in [2.75, 3.05) is 14.2 Å². The van der Waals surface area contributed by atoms with Gasteiger partial charge >= 0.3 is 0 Å². The van der Waals surface area contributed by atoms with Crippen LogP contribution in [0.3, 0.4) is 0 Å². The zero-order valence-corrected chi connectivity index (χ0v) is 11.2. The van der Waals surface area contributed by atoms with E-state index in [1.807, 2.05) is 0 Å². The summed E-state index contributed by atoms with van der Waals surface area (Å²) in [4.78, 5) is 0.680. The van der Waals surface area contributed by atoms with Gasteiger partial charge in [-0.15, -0.1) is 0 Å². The van der Waals surface area contributed by atoms with Crippen molar-refractivity contribution in [2.45, 2.75) is 36.5 Å². The number of methoxy groups -OCH3 is 2. The Bertz CT molecular complexity index is 99.1. The number of rotatable bonds is 7. The molecular weight excluding hydrogens is 236 g/mol. The van der Waals surface area contributed by atoms with Gasteiger partial charge in [0.1, 0.15) is 5.91 Å². The highest BCUT2D eigenvalue weighted by molar-refractivity contribution is 9.09. The Morgan fingerprint density at radius 3 is 2.33 bits per heavy atom. The van der Waals surface area contributed by atoms with Crippen LogP contribution in [0.1, 0.15) is 19.8 Å². The first-order chi connectivity index (χ1) is 5.74. The lowest BCUT2D eigenvalue weighted by atomic mass is 10.3. The molecule has 0 amide bonds. The van der Waals surface area contributed by atoms with Gasteiger partial charge < -0.3 is 9.47 Å². The summed E-state index contributed by atoms with van der Waals surface area (Å²) in [5, 5.41) is 0. The fourth-order valence-electron chi connectivity index (χ4n) is 1.04. The molecular formula is C8H19BrO2Si. The average molecular weight is 255 g/mol. The molecule has 0 aromatic carbocycles. The normalized spacial score (nSPS) is 14.8. The van der Waals surface area contributed by atoms with Crippen molar-refractivity contribution in [1.82, 2.24) is 0 Å². The van der Waals surface area contributed by atoms with E-state index in [2.05, 4.69) is 22.9 Å². The predicted molar refractivity (Wildman–Crippen MR) is 58.8 cm³/mol. The van der Waals surface area contributed by atoms with Crippen LogP contribution >= 0.6 is 15.9 Å². The van der Waals surface area contributed by atoms with E-state index in [0.29, 0.717) is 4.83 Å². The van der Waals surface area contributed by atoms with Gasteiger partial charge in [0.05, 0.1) is 9.52 Å². The maximum Gasteiger partial charge on any atom is 0.134 e. The topological polar surface area (TPSA) is 18.5 Å². The molecule has 0 bridgehead atoms. The van der Waals surface area contributed by atoms with Gasteiger partial charge in [-0.3, -0.25) is 0 Å². The molecule has 0 fully saturated rings. The molecule has 1 unspecified atom stereocenters. The summed E-state index contributed by atoms with van der Waals surface area (Å²) in [6.45, 7) is 2.20. The Morgan fingerprint density at radius 1 is 1.33 bits per heavy atom. The van der Waals surface area contributed by atoms with Crippen molar-refractivity contribution >= 4 is 25.4 Å². The second-order valence-electron chi connectivity index (χ2n) is 2.84. The fourth-order valence-corrected chi connectivity index (χ4v) is 3.50. The SMILES string of the molecule is CCC(Br)CC[SiH2]C(OC)OC. The molecule has 0 spiro atoms. The molecule has 2 nitrogen and oxygen atoms in total. The summed E-state index contributed by atoms with van der Waals surface area (Å²) in [5.74, 6) is 0.113. The zero-order chi connectivity index (χ0) is 9.40. The first-order valence-corrected chi connectivity index (χ1v) is 7.17. The zero-order valence-electron chi connectivity index (χ0n) is 8.18. The van der Waals surface area contributed by atoms with Crippen LogP contribution in [0.2, 0.25) is 6.04 Å². The smallest absolute Gasteiger partial charge is 0.134 e. The summed E-state index contributed by atoms with van der Waals surface area (Å²) in [7, 11) is 3.23. The van der Waals surface area contributed by atoms with Gasteiger partial charge in [0.2, 0.25) is 0 Å². The minimum absolute atomic E-state index is 0.113. The molecule has 0 heterocycles. The molecule has 0 aliphatic carbocycles. The third-order valence-corrected chi connectivity index (χ3v) is 4.99. The molecule has 0 radical (unpaired) electrons. The minimum Gasteiger partial charge on any atom is -0.360 e. The molecule has 12 heavy (non-hydrogen) atoms. The number of alkyl halides is 1. The van der Waals surface area contributed by atoms with Crippen LogP contribution in [0.25, 0.3) is 0 Å². The first kappa shape index (κ1) is 12.6. The monoisotopic (exact) mass is 254 g/mol. The van der Waals surface area contributed by atoms with E-state index in [0.717, 1.165) is 0 Å². The van der Waals surface area contributed by atoms with Crippen LogP contribution in [0.4, 0.5) is 0 Å². The standard InChI is InChI=1S/C8H19BrO2Si/c1-4-7(9)5-6-12-8(10-2)11-3/h7-8H,4-6,12H2,1-3H3. The van der Waals surface area contributed by atoms with Gasteiger partial charge in [0, 0.05) is 19.0 Å². The highest BCUT2D eigenvalue weighted by Crippen LogP contribution is 2.12. The highest BCUT2D eigenvalue weighted by Gasteiger charge is 2.07. The van der Waals surface area contributed by atoms with Crippen molar-refractivity contribution in [1.29, 1.82) is 0 Å². The summed E-state index contributed by atoms with van der Waals surface area (Å²) in [6.07, 6.45) is 2.46. The summed E-state index contributed by atoms with van der Waals surface area (Å²) in [6, 6.07) is 1.29. The van der Waals surface area contributed by atoms with Gasteiger partial charge in [-0.1, -0.05) is 28.9 Å². The Hall–Kier alpha value is 0.617. The first-order valence-electron chi connectivity index (χ1n) is 4.44. The average Bonchev–Trinajstić information content (AvgIpc) is 2.12. The Kier molecular flexibility index (Phi) is 8.65. The van der Waals surface area contributed by atoms with Crippen LogP contribution in [-0.4, -0.2) is 34.5 Å². The molecule has 0 aromatic heterocycles. The van der Waals surface area contributed by atoms with Gasteiger partial charge in [0.25, 0.3) is 0 Å². The Morgan fingerprint density at radius 2 is 1.92 bits per heavy atom. The largest absolute Gasteiger partial charge is 0.360 e. The lowest BCUT2D eigenvalue weighted by molar-refractivity contribution is -0.0441. The van der Waals surface area contributed by atoms with E-state index >= 15 is 0 Å². The molecule has 0 N–H and O–H groups in total. The van der Waals surface area contributed by atoms with E-state index < -0.39 is 0 Å². The van der Waals surface area contributed by atoms with Crippen LogP contribution in [0.5, 0.6) is 0 Å². The Labute approximate surface area is 86.0 Å². The molecule has 74 valence electrons. The molecule has 0 saturated heterocycles. The van der Waals surface area contributed by atoms with Gasteiger partial charge in [-0.25, -0.2) is 0 Å². The van der Waals surface area contributed by atoms with E-state index in [1.165, 1.54) is 18.9 Å². The maximum absolute atomic E-state index is 5.14. The molecule has 4 heteroatoms. The predicted octanol–water partition coefficient (Wildman–Crippen LogP) is 1.71. The lowest BCUT2D eigenvalue weighted by Crippen LogP contribution is -2.21. The Balaban J connectivity index is 3.28. The molecule has 0 rings (SSSR count). The summed E-state index contributed by atoms with van der Waals surface area (Å²) >= 11 is 3.61. The van der Waals surface area contributed by atoms with Crippen molar-refractivity contribution in [3.63, 3.8) is 0 Å². The molecule has 0 aliphatic rings. The highest BCUT2D eigenvalue weighted by atomic mass is 79.9. The maximum atomic E-state index is 5.14. The quantitative estimate of drug-likeness (QED) is 0.392. The van der Waals surface area contributed by atoms with E-state index in [-0.39, 0.29) is 15.4 Å². The van der Waals surface area contributed by atoms with Gasteiger partial charge in [0.15, 0.2) is 0 Å². The molecule has 0 saturated carbocycles. The van der Waals surface area contributed by atoms with E-state index in [1.54, 1.807) is 14.2 Å². The summed E-state index contributed by atoms with van der Waals surface area (Å²) < 4.78 is 10.3. The lowest BCUT2D eigenvalue weighted by Gasteiger charge is -2.13. The third kappa shape index (κ3) is 6.17. The van der Waals surface area contributed by atoms with Crippen molar-refractivity contribution < 1.29 is 9.47 Å². The van der Waals surface area contributed by atoms with Crippen molar-refractivity contribution in [3.05, 3.63) is 0 Å². The third-order valence-electron chi connectivity index (χ3n) is 1.93. The van der Waals surface area contributed by atoms with E-state index in [4.69, 9.17) is 9.47 Å². The van der Waals surface area contributed by atoms with Gasteiger partial charge in [-0.2, -0.15) is 0 Å². The van der Waals surface area contributed by atoms with Crippen LogP contribution in [0, 0.1) is 0 Å². The van der Waals surface area contributed by atoms with Crippen molar-refractivity contribution in [3.8, 4) is 0 Å². The summed E-state index contributed by atoms with van der Waals surface area (Å²) in [5.41, 5.74) is 0. The van der Waals surface area contributed by atoms with Crippen LogP contribution in [0.15, 0.2) is 0 Å². The molecule has 0 aromatic rings. The number of ether oxygens (including phenoxy) is 2. The fraction of sp³-hybridized carbons (Fsp3) is 1.00. The van der Waals surface area contributed by atoms with E-state index in [9.17, 15) is 0 Å². The number of halogens is 1. The van der Waals surface area contributed by atoms with Gasteiger partial charge in [-0.05, 0) is 12.8 Å². The minimum atomic E-state index is -0.201. The number of hydrogen-bond acceptors (Lipinski definition) is 2. The van der Waals surface area contributed by atoms with Crippen LogP contribution < -0.4 is 0 Å².